The van der Waals surface area contributed by atoms with Crippen LogP contribution in [-0.4, -0.2) is 11.1 Å². The predicted octanol–water partition coefficient (Wildman–Crippen LogP) is 4.13. The lowest BCUT2D eigenvalue weighted by atomic mass is 10.1. The molecular weight excluding hydrogens is 280 g/mol. The van der Waals surface area contributed by atoms with Gasteiger partial charge in [0.1, 0.15) is 11.2 Å². The maximum atomic E-state index is 12.1. The number of furan rings is 1. The second kappa shape index (κ2) is 4.73. The molecule has 22 heavy (non-hydrogen) atoms. The molecule has 0 radical (unpaired) electrons. The summed E-state index contributed by atoms with van der Waals surface area (Å²) in [5.41, 5.74) is 2.96. The summed E-state index contributed by atoms with van der Waals surface area (Å²) in [5.74, 6) is -0.137. The van der Waals surface area contributed by atoms with Crippen molar-refractivity contribution in [2.24, 2.45) is 0 Å². The van der Waals surface area contributed by atoms with Gasteiger partial charge < -0.3 is 14.3 Å². The third-order valence-electron chi connectivity index (χ3n) is 3.49. The Morgan fingerprint density at radius 3 is 2.68 bits per heavy atom. The molecule has 4 aromatic rings. The average molecular weight is 292 g/mol. The van der Waals surface area contributed by atoms with Crippen LogP contribution in [0.3, 0.4) is 0 Å². The van der Waals surface area contributed by atoms with E-state index in [0.29, 0.717) is 11.4 Å². The van der Waals surface area contributed by atoms with Crippen molar-refractivity contribution in [3.8, 4) is 0 Å². The summed E-state index contributed by atoms with van der Waals surface area (Å²) in [6.07, 6.45) is 0. The fraction of sp³-hybridized carbons (Fsp3) is 0.0588. The molecule has 2 aromatic carbocycles. The van der Waals surface area contributed by atoms with Gasteiger partial charge in [0, 0.05) is 22.5 Å². The maximum Gasteiger partial charge on any atom is 0.294 e. The third kappa shape index (κ3) is 2.03. The van der Waals surface area contributed by atoms with Crippen LogP contribution >= 0.6 is 0 Å². The van der Waals surface area contributed by atoms with Crippen LogP contribution in [0.15, 0.2) is 57.5 Å². The minimum absolute atomic E-state index is 0.189. The highest BCUT2D eigenvalue weighted by molar-refractivity contribution is 6.08. The Morgan fingerprint density at radius 1 is 1.05 bits per heavy atom. The van der Waals surface area contributed by atoms with Gasteiger partial charge in [0.25, 0.3) is 5.91 Å². The minimum atomic E-state index is -0.326. The number of aromatic nitrogens is 1. The molecule has 0 aliphatic carbocycles. The van der Waals surface area contributed by atoms with Crippen molar-refractivity contribution in [2.45, 2.75) is 6.92 Å². The first-order valence-corrected chi connectivity index (χ1v) is 6.87. The Balaban J connectivity index is 1.73. The quantitative estimate of drug-likeness (QED) is 0.603. The van der Waals surface area contributed by atoms with Gasteiger partial charge in [-0.1, -0.05) is 23.4 Å². The standard InChI is InChI=1S/C17H12N2O3/c1-10-8-16(22-19-10)17(20)18-11-6-7-15-13(9-11)12-4-2-3-5-14(12)21-15/h2-9H,1H3,(H,18,20). The summed E-state index contributed by atoms with van der Waals surface area (Å²) >= 11 is 0. The van der Waals surface area contributed by atoms with Crippen molar-refractivity contribution in [2.75, 3.05) is 5.32 Å². The van der Waals surface area contributed by atoms with Crippen LogP contribution in [0.5, 0.6) is 0 Å². The average Bonchev–Trinajstić information content (AvgIpc) is 3.11. The third-order valence-corrected chi connectivity index (χ3v) is 3.49. The SMILES string of the molecule is Cc1cc(C(=O)Nc2ccc3oc4ccccc4c3c2)on1. The van der Waals surface area contributed by atoms with Gasteiger partial charge in [-0.3, -0.25) is 4.79 Å². The summed E-state index contributed by atoms with van der Waals surface area (Å²) in [6.45, 7) is 1.77. The highest BCUT2D eigenvalue weighted by Crippen LogP contribution is 2.30. The molecule has 5 heteroatoms. The van der Waals surface area contributed by atoms with E-state index in [0.717, 1.165) is 21.9 Å². The molecule has 0 saturated heterocycles. The lowest BCUT2D eigenvalue weighted by molar-refractivity contribution is 0.0988. The Bertz CT molecular complexity index is 997. The number of anilines is 1. The van der Waals surface area contributed by atoms with Gasteiger partial charge in [-0.2, -0.15) is 0 Å². The van der Waals surface area contributed by atoms with Gasteiger partial charge in [0.05, 0.1) is 5.69 Å². The molecule has 0 atom stereocenters. The second-order valence-corrected chi connectivity index (χ2v) is 5.10. The van der Waals surface area contributed by atoms with E-state index in [2.05, 4.69) is 10.5 Å². The zero-order chi connectivity index (χ0) is 15.1. The summed E-state index contributed by atoms with van der Waals surface area (Å²) in [4.78, 5) is 12.1. The molecule has 2 aromatic heterocycles. The van der Waals surface area contributed by atoms with Crippen molar-refractivity contribution in [1.29, 1.82) is 0 Å². The van der Waals surface area contributed by atoms with Gasteiger partial charge in [0.15, 0.2) is 0 Å². The molecule has 0 saturated carbocycles. The zero-order valence-electron chi connectivity index (χ0n) is 11.8. The van der Waals surface area contributed by atoms with E-state index in [1.807, 2.05) is 36.4 Å². The number of carbonyl (C=O) groups is 1. The fourth-order valence-corrected chi connectivity index (χ4v) is 2.47. The number of hydrogen-bond donors (Lipinski definition) is 1. The molecule has 0 unspecified atom stereocenters. The van der Waals surface area contributed by atoms with Gasteiger partial charge in [-0.15, -0.1) is 0 Å². The number of carbonyl (C=O) groups excluding carboxylic acids is 1. The van der Waals surface area contributed by atoms with Gasteiger partial charge >= 0.3 is 0 Å². The lowest BCUT2D eigenvalue weighted by Crippen LogP contribution is -2.10. The topological polar surface area (TPSA) is 68.3 Å². The van der Waals surface area contributed by atoms with E-state index >= 15 is 0 Å². The molecule has 5 nitrogen and oxygen atoms in total. The monoisotopic (exact) mass is 292 g/mol. The molecule has 0 aliphatic heterocycles. The predicted molar refractivity (Wildman–Crippen MR) is 82.9 cm³/mol. The highest BCUT2D eigenvalue weighted by atomic mass is 16.5. The maximum absolute atomic E-state index is 12.1. The molecular formula is C17H12N2O3. The van der Waals surface area contributed by atoms with Crippen molar-refractivity contribution < 1.29 is 13.7 Å². The van der Waals surface area contributed by atoms with Crippen LogP contribution in [-0.2, 0) is 0 Å². The Morgan fingerprint density at radius 2 is 1.86 bits per heavy atom. The number of nitrogens with one attached hydrogen (secondary N) is 1. The van der Waals surface area contributed by atoms with E-state index in [9.17, 15) is 4.79 Å². The highest BCUT2D eigenvalue weighted by Gasteiger charge is 2.13. The molecule has 0 bridgehead atoms. The first-order chi connectivity index (χ1) is 10.7. The molecule has 1 amide bonds. The van der Waals surface area contributed by atoms with Crippen molar-refractivity contribution in [3.05, 3.63) is 60.0 Å². The Hall–Kier alpha value is -3.08. The fourth-order valence-electron chi connectivity index (χ4n) is 2.47. The van der Waals surface area contributed by atoms with E-state index < -0.39 is 0 Å². The summed E-state index contributed by atoms with van der Waals surface area (Å²) < 4.78 is 10.7. The van der Waals surface area contributed by atoms with Crippen LogP contribution in [0.1, 0.15) is 16.2 Å². The van der Waals surface area contributed by atoms with E-state index in [-0.39, 0.29) is 11.7 Å². The van der Waals surface area contributed by atoms with Crippen LogP contribution in [0, 0.1) is 6.92 Å². The van der Waals surface area contributed by atoms with Gasteiger partial charge in [-0.25, -0.2) is 0 Å². The molecule has 0 aliphatic rings. The van der Waals surface area contributed by atoms with E-state index in [1.54, 1.807) is 19.1 Å². The first kappa shape index (κ1) is 12.6. The van der Waals surface area contributed by atoms with Crippen LogP contribution in [0.4, 0.5) is 5.69 Å². The number of fused-ring (bicyclic) bond motifs is 3. The summed E-state index contributed by atoms with van der Waals surface area (Å²) in [7, 11) is 0. The number of benzene rings is 2. The zero-order valence-corrected chi connectivity index (χ0v) is 11.8. The van der Waals surface area contributed by atoms with Crippen molar-refractivity contribution in [1.82, 2.24) is 5.16 Å². The number of amides is 1. The summed E-state index contributed by atoms with van der Waals surface area (Å²) in [5, 5.41) is 8.49. The number of para-hydroxylation sites is 1. The van der Waals surface area contributed by atoms with E-state index in [1.165, 1.54) is 0 Å². The minimum Gasteiger partial charge on any atom is -0.456 e. The number of rotatable bonds is 2. The van der Waals surface area contributed by atoms with E-state index in [4.69, 9.17) is 8.94 Å². The lowest BCUT2D eigenvalue weighted by Gasteiger charge is -2.02. The second-order valence-electron chi connectivity index (χ2n) is 5.10. The van der Waals surface area contributed by atoms with Gasteiger partial charge in [0.2, 0.25) is 5.76 Å². The summed E-state index contributed by atoms with van der Waals surface area (Å²) in [6, 6.07) is 14.9. The van der Waals surface area contributed by atoms with Crippen LogP contribution in [0.25, 0.3) is 21.9 Å². The normalized spacial score (nSPS) is 11.1. The van der Waals surface area contributed by atoms with Crippen molar-refractivity contribution >= 4 is 33.5 Å². The molecule has 4 rings (SSSR count). The van der Waals surface area contributed by atoms with Crippen LogP contribution < -0.4 is 5.32 Å². The number of nitrogens with zero attached hydrogens (tertiary/aromatic N) is 1. The largest absolute Gasteiger partial charge is 0.456 e. The Kier molecular flexibility index (Phi) is 2.72. The molecule has 1 N–H and O–H groups in total. The molecule has 0 spiro atoms. The number of aryl methyl sites for hydroxylation is 1. The molecule has 108 valence electrons. The molecule has 0 fully saturated rings. The number of hydrogen-bond acceptors (Lipinski definition) is 4. The first-order valence-electron chi connectivity index (χ1n) is 6.87. The van der Waals surface area contributed by atoms with Gasteiger partial charge in [-0.05, 0) is 31.2 Å². The van der Waals surface area contributed by atoms with Crippen molar-refractivity contribution in [3.63, 3.8) is 0 Å². The Labute approximate surface area is 125 Å². The molecule has 2 heterocycles. The smallest absolute Gasteiger partial charge is 0.294 e. The van der Waals surface area contributed by atoms with Crippen LogP contribution in [0.2, 0.25) is 0 Å².